The lowest BCUT2D eigenvalue weighted by atomic mass is 9.77. The van der Waals surface area contributed by atoms with E-state index in [0.717, 1.165) is 37.9 Å². The van der Waals surface area contributed by atoms with E-state index < -0.39 is 5.82 Å². The molecule has 1 aliphatic carbocycles. The number of halogens is 1. The van der Waals surface area contributed by atoms with Crippen LogP contribution in [0.4, 0.5) is 16.2 Å². The predicted molar refractivity (Wildman–Crippen MR) is 136 cm³/mol. The van der Waals surface area contributed by atoms with Gasteiger partial charge in [-0.1, -0.05) is 43.7 Å². The Bertz CT molecular complexity index is 1230. The van der Waals surface area contributed by atoms with Gasteiger partial charge in [-0.2, -0.15) is 0 Å². The number of nitrogens with zero attached hydrogens (tertiary/aromatic N) is 4. The van der Waals surface area contributed by atoms with Gasteiger partial charge in [-0.05, 0) is 81.1 Å². The molecule has 2 aromatic heterocycles. The summed E-state index contributed by atoms with van der Waals surface area (Å²) in [6, 6.07) is 10.2. The summed E-state index contributed by atoms with van der Waals surface area (Å²) in [4.78, 5) is 15.6. The van der Waals surface area contributed by atoms with Crippen molar-refractivity contribution in [3.63, 3.8) is 0 Å². The minimum atomic E-state index is -0.433. The molecule has 1 unspecified atom stereocenters. The number of anilines is 2. The van der Waals surface area contributed by atoms with Crippen LogP contribution in [0.1, 0.15) is 62.6 Å². The normalized spacial score (nSPS) is 20.8. The third-order valence-electron chi connectivity index (χ3n) is 7.83. The fourth-order valence-corrected chi connectivity index (χ4v) is 5.19. The van der Waals surface area contributed by atoms with Gasteiger partial charge < -0.3 is 10.2 Å². The Morgan fingerprint density at radius 3 is 2.62 bits per heavy atom. The second kappa shape index (κ2) is 8.91. The number of piperidine rings is 1. The van der Waals surface area contributed by atoms with Crippen molar-refractivity contribution < 1.29 is 4.39 Å². The van der Waals surface area contributed by atoms with Crippen LogP contribution in [-0.2, 0) is 5.41 Å². The molecular weight excluding hydrogens is 425 g/mol. The highest BCUT2D eigenvalue weighted by atomic mass is 19.1. The topological polar surface area (TPSA) is 53.9 Å². The second-order valence-electron chi connectivity index (χ2n) is 9.88. The zero-order valence-electron chi connectivity index (χ0n) is 20.4. The van der Waals surface area contributed by atoms with Crippen molar-refractivity contribution in [2.45, 2.75) is 51.4 Å². The highest BCUT2D eigenvalue weighted by Crippen LogP contribution is 2.45. The average Bonchev–Trinajstić information content (AvgIpc) is 3.11. The van der Waals surface area contributed by atoms with Crippen molar-refractivity contribution in [3.05, 3.63) is 70.8 Å². The zero-order chi connectivity index (χ0) is 23.9. The molecule has 0 radical (unpaired) electrons. The number of nitrogens with one attached hydrogen (secondary N) is 1. The van der Waals surface area contributed by atoms with Crippen molar-refractivity contribution in [1.82, 2.24) is 19.9 Å². The molecule has 1 N–H and O–H groups in total. The number of benzene rings is 1. The predicted octanol–water partition coefficient (Wildman–Crippen LogP) is 6.32. The molecule has 3 heterocycles. The lowest BCUT2D eigenvalue weighted by molar-refractivity contribution is 0.255. The van der Waals surface area contributed by atoms with Crippen LogP contribution < -0.4 is 5.32 Å². The van der Waals surface area contributed by atoms with Gasteiger partial charge in [0.1, 0.15) is 11.5 Å². The van der Waals surface area contributed by atoms with Crippen LogP contribution in [0.15, 0.2) is 48.3 Å². The summed E-state index contributed by atoms with van der Waals surface area (Å²) in [6.45, 7) is 8.84. The van der Waals surface area contributed by atoms with Gasteiger partial charge in [0.25, 0.3) is 0 Å². The molecule has 1 saturated heterocycles. The lowest BCUT2D eigenvalue weighted by Crippen LogP contribution is -2.29. The number of rotatable bonds is 5. The van der Waals surface area contributed by atoms with Gasteiger partial charge >= 0.3 is 0 Å². The van der Waals surface area contributed by atoms with E-state index >= 15 is 0 Å². The first-order valence-electron chi connectivity index (χ1n) is 12.1. The number of aromatic nitrogens is 3. The maximum absolute atomic E-state index is 14.8. The van der Waals surface area contributed by atoms with Gasteiger partial charge in [-0.15, -0.1) is 0 Å². The fraction of sp³-hybridized carbons (Fsp3) is 0.393. The molecule has 6 heteroatoms. The number of hydrogen-bond donors (Lipinski definition) is 1. The molecule has 1 aromatic carbocycles. The summed E-state index contributed by atoms with van der Waals surface area (Å²) in [6.07, 6.45) is 8.69. The SMILES string of the molecule is CCC1(C)C(C)=Cc2ccc(-c3nc(Nc4ccc(C5CCN(C)CC5)cn4)ncc3F)cc21. The molecule has 1 fully saturated rings. The molecule has 3 aromatic rings. The minimum Gasteiger partial charge on any atom is -0.309 e. The van der Waals surface area contributed by atoms with Gasteiger partial charge in [0.15, 0.2) is 5.82 Å². The third-order valence-corrected chi connectivity index (χ3v) is 7.83. The Balaban J connectivity index is 1.37. The van der Waals surface area contributed by atoms with Crippen LogP contribution in [-0.4, -0.2) is 40.0 Å². The standard InChI is InChI=1S/C28H32FN5/c1-5-28(3)18(2)14-20-6-7-21(15-23(20)28)26-24(29)17-31-27(33-26)32-25-9-8-22(16-30-25)19-10-12-34(4)13-11-19/h6-9,14-17,19H,5,10-13H2,1-4H3,(H,30,31,32,33). The Hall–Kier alpha value is -3.12. The number of hydrogen-bond acceptors (Lipinski definition) is 5. The van der Waals surface area contributed by atoms with E-state index in [1.165, 1.54) is 28.5 Å². The number of pyridine rings is 1. The molecule has 0 bridgehead atoms. The molecule has 2 aliphatic rings. The quantitative estimate of drug-likeness (QED) is 0.486. The summed E-state index contributed by atoms with van der Waals surface area (Å²) >= 11 is 0. The summed E-state index contributed by atoms with van der Waals surface area (Å²) in [5.41, 5.74) is 6.05. The highest BCUT2D eigenvalue weighted by Gasteiger charge is 2.33. The first kappa shape index (κ1) is 22.7. The molecule has 1 atom stereocenters. The lowest BCUT2D eigenvalue weighted by Gasteiger charge is -2.29. The molecule has 34 heavy (non-hydrogen) atoms. The first-order valence-corrected chi connectivity index (χ1v) is 12.1. The van der Waals surface area contributed by atoms with Crippen LogP contribution in [0, 0.1) is 5.82 Å². The highest BCUT2D eigenvalue weighted by molar-refractivity contribution is 5.74. The van der Waals surface area contributed by atoms with Crippen molar-refractivity contribution in [3.8, 4) is 11.3 Å². The molecule has 176 valence electrons. The summed E-state index contributed by atoms with van der Waals surface area (Å²) in [7, 11) is 2.17. The molecular formula is C28H32FN5. The third kappa shape index (κ3) is 4.11. The van der Waals surface area contributed by atoms with E-state index in [2.05, 4.69) is 77.3 Å². The zero-order valence-corrected chi connectivity index (χ0v) is 20.4. The number of fused-ring (bicyclic) bond motifs is 1. The van der Waals surface area contributed by atoms with Crippen LogP contribution >= 0.6 is 0 Å². The number of allylic oxidation sites excluding steroid dienone is 1. The Labute approximate surface area is 201 Å². The molecule has 0 spiro atoms. The van der Waals surface area contributed by atoms with E-state index in [4.69, 9.17) is 0 Å². The molecule has 5 nitrogen and oxygen atoms in total. The molecule has 0 amide bonds. The van der Waals surface area contributed by atoms with E-state index in [9.17, 15) is 4.39 Å². The summed E-state index contributed by atoms with van der Waals surface area (Å²) in [5.74, 6) is 1.11. The van der Waals surface area contributed by atoms with Crippen molar-refractivity contribution in [2.75, 3.05) is 25.5 Å². The largest absolute Gasteiger partial charge is 0.309 e. The number of likely N-dealkylation sites (tertiary alicyclic amines) is 1. The van der Waals surface area contributed by atoms with E-state index in [0.29, 0.717) is 23.4 Å². The molecule has 0 saturated carbocycles. The maximum Gasteiger partial charge on any atom is 0.229 e. The molecule has 1 aliphatic heterocycles. The Kier molecular flexibility index (Phi) is 5.94. The van der Waals surface area contributed by atoms with Gasteiger partial charge in [-0.3, -0.25) is 0 Å². The summed E-state index contributed by atoms with van der Waals surface area (Å²) < 4.78 is 14.8. The first-order chi connectivity index (χ1) is 16.4. The minimum absolute atomic E-state index is 0.0324. The van der Waals surface area contributed by atoms with Crippen molar-refractivity contribution in [2.24, 2.45) is 0 Å². The monoisotopic (exact) mass is 457 g/mol. The van der Waals surface area contributed by atoms with Crippen LogP contribution in [0.25, 0.3) is 17.3 Å². The second-order valence-corrected chi connectivity index (χ2v) is 9.88. The van der Waals surface area contributed by atoms with Crippen LogP contribution in [0.2, 0.25) is 0 Å². The smallest absolute Gasteiger partial charge is 0.229 e. The van der Waals surface area contributed by atoms with Crippen molar-refractivity contribution in [1.29, 1.82) is 0 Å². The van der Waals surface area contributed by atoms with Crippen LogP contribution in [0.5, 0.6) is 0 Å². The van der Waals surface area contributed by atoms with E-state index in [1.54, 1.807) is 0 Å². The van der Waals surface area contributed by atoms with E-state index in [1.807, 2.05) is 18.3 Å². The Morgan fingerprint density at radius 1 is 1.12 bits per heavy atom. The summed E-state index contributed by atoms with van der Waals surface area (Å²) in [5, 5.41) is 3.15. The molecule has 5 rings (SSSR count). The fourth-order valence-electron chi connectivity index (χ4n) is 5.19. The van der Waals surface area contributed by atoms with Gasteiger partial charge in [0.2, 0.25) is 5.95 Å². The maximum atomic E-state index is 14.8. The van der Waals surface area contributed by atoms with Crippen LogP contribution in [0.3, 0.4) is 0 Å². The Morgan fingerprint density at radius 2 is 1.91 bits per heavy atom. The van der Waals surface area contributed by atoms with Crippen molar-refractivity contribution >= 4 is 17.8 Å². The van der Waals surface area contributed by atoms with Gasteiger partial charge in [0, 0.05) is 17.2 Å². The van der Waals surface area contributed by atoms with Gasteiger partial charge in [0.05, 0.1) is 6.20 Å². The van der Waals surface area contributed by atoms with E-state index in [-0.39, 0.29) is 5.41 Å². The average molecular weight is 458 g/mol. The van der Waals surface area contributed by atoms with Gasteiger partial charge in [-0.25, -0.2) is 19.3 Å².